The molecule has 0 aliphatic carbocycles. The van der Waals surface area contributed by atoms with Crippen molar-refractivity contribution >= 4 is 17.3 Å². The van der Waals surface area contributed by atoms with Crippen molar-refractivity contribution in [3.8, 4) is 5.75 Å². The van der Waals surface area contributed by atoms with Crippen molar-refractivity contribution in [3.63, 3.8) is 0 Å². The second-order valence-corrected chi connectivity index (χ2v) is 4.43. The van der Waals surface area contributed by atoms with Crippen molar-refractivity contribution in [2.24, 2.45) is 0 Å². The lowest BCUT2D eigenvalue weighted by molar-refractivity contribution is -0.0498. The summed E-state index contributed by atoms with van der Waals surface area (Å²) < 4.78 is 28.3. The highest BCUT2D eigenvalue weighted by Crippen LogP contribution is 2.19. The number of anilines is 2. The quantitative estimate of drug-likeness (QED) is 0.848. The van der Waals surface area contributed by atoms with Crippen molar-refractivity contribution in [1.82, 2.24) is 0 Å². The molecule has 21 heavy (non-hydrogen) atoms. The minimum Gasteiger partial charge on any atom is -0.435 e. The first-order valence-electron chi connectivity index (χ1n) is 6.18. The summed E-state index contributed by atoms with van der Waals surface area (Å²) >= 11 is 0. The van der Waals surface area contributed by atoms with Gasteiger partial charge in [-0.15, -0.1) is 0 Å². The maximum atomic E-state index is 12.0. The Morgan fingerprint density at radius 1 is 1.19 bits per heavy atom. The molecule has 2 rings (SSSR count). The van der Waals surface area contributed by atoms with Gasteiger partial charge in [0.1, 0.15) is 5.75 Å². The van der Waals surface area contributed by atoms with E-state index in [1.165, 1.54) is 24.3 Å². The normalized spacial score (nSPS) is 10.5. The smallest absolute Gasteiger partial charge is 0.387 e. The van der Waals surface area contributed by atoms with Crippen LogP contribution in [0.25, 0.3) is 0 Å². The lowest BCUT2D eigenvalue weighted by Crippen LogP contribution is -2.12. The molecule has 0 atom stereocenters. The van der Waals surface area contributed by atoms with Gasteiger partial charge in [0.25, 0.3) is 5.91 Å². The van der Waals surface area contributed by atoms with Gasteiger partial charge in [-0.3, -0.25) is 4.79 Å². The average molecular weight is 292 g/mol. The van der Waals surface area contributed by atoms with Crippen LogP contribution in [0.1, 0.15) is 15.9 Å². The molecule has 6 heteroatoms. The van der Waals surface area contributed by atoms with Gasteiger partial charge in [0.2, 0.25) is 0 Å². The molecule has 110 valence electrons. The van der Waals surface area contributed by atoms with E-state index in [-0.39, 0.29) is 11.7 Å². The van der Waals surface area contributed by atoms with Crippen molar-refractivity contribution in [1.29, 1.82) is 0 Å². The first-order chi connectivity index (χ1) is 9.95. The number of rotatable bonds is 4. The average Bonchev–Trinajstić information content (AvgIpc) is 2.43. The molecule has 1 amide bonds. The number of halogens is 2. The number of amides is 1. The molecule has 2 aromatic carbocycles. The van der Waals surface area contributed by atoms with E-state index in [9.17, 15) is 13.6 Å². The monoisotopic (exact) mass is 292 g/mol. The number of carbonyl (C=O) groups is 1. The molecule has 0 heterocycles. The van der Waals surface area contributed by atoms with Crippen LogP contribution < -0.4 is 15.8 Å². The number of nitrogens with two attached hydrogens (primary N) is 1. The second kappa shape index (κ2) is 6.21. The molecule has 0 aliphatic rings. The van der Waals surface area contributed by atoms with Gasteiger partial charge in [-0.25, -0.2) is 0 Å². The summed E-state index contributed by atoms with van der Waals surface area (Å²) in [5, 5.41) is 2.66. The van der Waals surface area contributed by atoms with E-state index in [0.29, 0.717) is 16.9 Å². The number of hydrogen-bond acceptors (Lipinski definition) is 3. The molecule has 0 saturated carbocycles. The summed E-state index contributed by atoms with van der Waals surface area (Å²) in [5.41, 5.74) is 8.06. The molecule has 0 aromatic heterocycles. The van der Waals surface area contributed by atoms with Crippen LogP contribution >= 0.6 is 0 Å². The zero-order chi connectivity index (χ0) is 15.4. The summed E-state index contributed by atoms with van der Waals surface area (Å²) in [4.78, 5) is 12.0. The minimum absolute atomic E-state index is 0.0336. The number of carbonyl (C=O) groups excluding carboxylic acids is 1. The SMILES string of the molecule is Cc1cc(C(=O)Nc2ccc(OC(F)F)cc2)ccc1N. The highest BCUT2D eigenvalue weighted by Gasteiger charge is 2.08. The fourth-order valence-electron chi connectivity index (χ4n) is 1.74. The van der Waals surface area contributed by atoms with Crippen LogP contribution in [-0.4, -0.2) is 12.5 Å². The Bertz CT molecular complexity index is 643. The molecule has 0 fully saturated rings. The van der Waals surface area contributed by atoms with E-state index in [2.05, 4.69) is 10.1 Å². The predicted octanol–water partition coefficient (Wildman–Crippen LogP) is 3.43. The zero-order valence-corrected chi connectivity index (χ0v) is 11.3. The third-order valence-electron chi connectivity index (χ3n) is 2.87. The van der Waals surface area contributed by atoms with Gasteiger partial charge in [-0.2, -0.15) is 8.78 Å². The van der Waals surface area contributed by atoms with Gasteiger partial charge in [0.15, 0.2) is 0 Å². The van der Waals surface area contributed by atoms with Crippen LogP contribution in [0.2, 0.25) is 0 Å². The molecule has 0 radical (unpaired) electrons. The van der Waals surface area contributed by atoms with Gasteiger partial charge in [-0.1, -0.05) is 0 Å². The Balaban J connectivity index is 2.06. The van der Waals surface area contributed by atoms with E-state index in [1.54, 1.807) is 18.2 Å². The van der Waals surface area contributed by atoms with Gasteiger partial charge >= 0.3 is 6.61 Å². The number of aryl methyl sites for hydroxylation is 1. The number of hydrogen-bond donors (Lipinski definition) is 2. The maximum Gasteiger partial charge on any atom is 0.387 e. The summed E-state index contributed by atoms with van der Waals surface area (Å²) in [5.74, 6) is -0.271. The molecule has 0 spiro atoms. The second-order valence-electron chi connectivity index (χ2n) is 4.43. The number of ether oxygens (including phenoxy) is 1. The van der Waals surface area contributed by atoms with E-state index in [4.69, 9.17) is 5.73 Å². The molecular weight excluding hydrogens is 278 g/mol. The first kappa shape index (κ1) is 14.8. The van der Waals surface area contributed by atoms with Crippen LogP contribution in [0, 0.1) is 6.92 Å². The van der Waals surface area contributed by atoms with Crippen LogP contribution in [0.4, 0.5) is 20.2 Å². The van der Waals surface area contributed by atoms with Gasteiger partial charge in [-0.05, 0) is 55.0 Å². The van der Waals surface area contributed by atoms with E-state index in [0.717, 1.165) is 5.56 Å². The van der Waals surface area contributed by atoms with Crippen LogP contribution in [0.5, 0.6) is 5.75 Å². The molecule has 0 unspecified atom stereocenters. The van der Waals surface area contributed by atoms with Crippen molar-refractivity contribution < 1.29 is 18.3 Å². The highest BCUT2D eigenvalue weighted by atomic mass is 19.3. The topological polar surface area (TPSA) is 64.3 Å². The number of nitrogens with one attached hydrogen (secondary N) is 1. The fourth-order valence-corrected chi connectivity index (χ4v) is 1.74. The fraction of sp³-hybridized carbons (Fsp3) is 0.133. The highest BCUT2D eigenvalue weighted by molar-refractivity contribution is 6.04. The van der Waals surface area contributed by atoms with Crippen LogP contribution in [0.3, 0.4) is 0 Å². The van der Waals surface area contributed by atoms with Gasteiger partial charge in [0, 0.05) is 16.9 Å². The Hall–Kier alpha value is -2.63. The standard InChI is InChI=1S/C15H14F2N2O2/c1-9-8-10(2-7-13(9)18)14(20)19-11-3-5-12(6-4-11)21-15(16)17/h2-8,15H,18H2,1H3,(H,19,20). The zero-order valence-electron chi connectivity index (χ0n) is 11.3. The van der Waals surface area contributed by atoms with Gasteiger partial charge in [0.05, 0.1) is 0 Å². The maximum absolute atomic E-state index is 12.0. The molecule has 3 N–H and O–H groups in total. The van der Waals surface area contributed by atoms with E-state index < -0.39 is 6.61 Å². The molecule has 0 bridgehead atoms. The van der Waals surface area contributed by atoms with Crippen LogP contribution in [0.15, 0.2) is 42.5 Å². The number of alkyl halides is 2. The van der Waals surface area contributed by atoms with E-state index in [1.807, 2.05) is 6.92 Å². The Kier molecular flexibility index (Phi) is 4.37. The summed E-state index contributed by atoms with van der Waals surface area (Å²) in [7, 11) is 0. The molecule has 0 aliphatic heterocycles. The molecule has 2 aromatic rings. The Morgan fingerprint density at radius 2 is 1.86 bits per heavy atom. The van der Waals surface area contributed by atoms with Crippen molar-refractivity contribution in [3.05, 3.63) is 53.6 Å². The summed E-state index contributed by atoms with van der Waals surface area (Å²) in [6.45, 7) is -1.06. The Morgan fingerprint density at radius 3 is 2.43 bits per heavy atom. The van der Waals surface area contributed by atoms with E-state index >= 15 is 0 Å². The predicted molar refractivity (Wildman–Crippen MR) is 76.6 cm³/mol. The van der Waals surface area contributed by atoms with Crippen molar-refractivity contribution in [2.75, 3.05) is 11.1 Å². The number of benzene rings is 2. The largest absolute Gasteiger partial charge is 0.435 e. The number of nitrogen functional groups attached to an aromatic ring is 1. The van der Waals surface area contributed by atoms with Crippen molar-refractivity contribution in [2.45, 2.75) is 13.5 Å². The molecule has 4 nitrogen and oxygen atoms in total. The molecule has 0 saturated heterocycles. The Labute approximate surface area is 120 Å². The first-order valence-corrected chi connectivity index (χ1v) is 6.18. The summed E-state index contributed by atoms with van der Waals surface area (Å²) in [6, 6.07) is 10.6. The van der Waals surface area contributed by atoms with Gasteiger partial charge < -0.3 is 15.8 Å². The summed E-state index contributed by atoms with van der Waals surface area (Å²) in [6.07, 6.45) is 0. The lowest BCUT2D eigenvalue weighted by atomic mass is 10.1. The third-order valence-corrected chi connectivity index (χ3v) is 2.87. The minimum atomic E-state index is -2.87. The third kappa shape index (κ3) is 3.92. The molecular formula is C15H14F2N2O2. The van der Waals surface area contributed by atoms with Crippen LogP contribution in [-0.2, 0) is 0 Å². The lowest BCUT2D eigenvalue weighted by Gasteiger charge is -2.08.